The lowest BCUT2D eigenvalue weighted by molar-refractivity contribution is 0.114. The Morgan fingerprint density at radius 1 is 1.13 bits per heavy atom. The maximum atomic E-state index is 5.53. The summed E-state index contributed by atoms with van der Waals surface area (Å²) < 4.78 is 16.1. The summed E-state index contributed by atoms with van der Waals surface area (Å²) in [4.78, 5) is 4.20. The first kappa shape index (κ1) is 19.1. The highest BCUT2D eigenvalue weighted by atomic mass is 16.5. The van der Waals surface area contributed by atoms with Crippen LogP contribution >= 0.6 is 0 Å². The molecule has 2 N–H and O–H groups in total. The minimum absolute atomic E-state index is 0.553. The van der Waals surface area contributed by atoms with Gasteiger partial charge in [0.1, 0.15) is 0 Å². The lowest BCUT2D eigenvalue weighted by atomic mass is 10.2. The van der Waals surface area contributed by atoms with E-state index in [0.29, 0.717) is 19.1 Å². The molecule has 0 saturated heterocycles. The Morgan fingerprint density at radius 3 is 2.48 bits per heavy atom. The van der Waals surface area contributed by atoms with Crippen molar-refractivity contribution in [1.29, 1.82) is 0 Å². The number of aliphatic imine (C=N–C) groups is 1. The molecule has 0 aromatic heterocycles. The van der Waals surface area contributed by atoms with Gasteiger partial charge in [0.15, 0.2) is 17.5 Å². The van der Waals surface area contributed by atoms with Gasteiger partial charge in [0.25, 0.3) is 0 Å². The van der Waals surface area contributed by atoms with Crippen LogP contribution in [-0.4, -0.2) is 47.0 Å². The van der Waals surface area contributed by atoms with Gasteiger partial charge in [0.05, 0.1) is 20.8 Å². The van der Waals surface area contributed by atoms with Crippen LogP contribution in [0, 0.1) is 5.92 Å². The van der Waals surface area contributed by atoms with Gasteiger partial charge >= 0.3 is 0 Å². The van der Waals surface area contributed by atoms with Crippen LogP contribution in [0.3, 0.4) is 0 Å². The number of nitrogens with zero attached hydrogens (tertiary/aromatic N) is 1. The molecule has 0 saturated carbocycles. The van der Waals surface area contributed by atoms with E-state index < -0.39 is 0 Å². The van der Waals surface area contributed by atoms with Gasteiger partial charge in [-0.3, -0.25) is 4.99 Å². The Hall–Kier alpha value is -1.95. The molecule has 0 radical (unpaired) electrons. The maximum absolute atomic E-state index is 5.53. The van der Waals surface area contributed by atoms with Crippen molar-refractivity contribution in [3.05, 3.63) is 23.8 Å². The third-order valence-electron chi connectivity index (χ3n) is 3.12. The molecule has 0 unspecified atom stereocenters. The van der Waals surface area contributed by atoms with E-state index in [1.165, 1.54) is 0 Å². The highest BCUT2D eigenvalue weighted by Crippen LogP contribution is 2.27. The second-order valence-corrected chi connectivity index (χ2v) is 5.51. The van der Waals surface area contributed by atoms with E-state index in [-0.39, 0.29) is 0 Å². The molecule has 0 aliphatic carbocycles. The Balaban J connectivity index is 2.39. The molecule has 0 atom stereocenters. The number of rotatable bonds is 9. The van der Waals surface area contributed by atoms with Gasteiger partial charge in [-0.2, -0.15) is 0 Å². The average molecular weight is 323 g/mol. The van der Waals surface area contributed by atoms with Crippen LogP contribution in [-0.2, 0) is 11.3 Å². The van der Waals surface area contributed by atoms with Gasteiger partial charge in [-0.15, -0.1) is 0 Å². The van der Waals surface area contributed by atoms with Crippen molar-refractivity contribution in [2.75, 3.05) is 41.0 Å². The standard InChI is InChI=1S/C17H29N3O3/c1-13(2)12-23-9-8-19-17(18-3)20-11-14-6-7-15(21-4)16(10-14)22-5/h6-7,10,13H,8-9,11-12H2,1-5H3,(H2,18,19,20). The molecule has 0 bridgehead atoms. The van der Waals surface area contributed by atoms with E-state index in [4.69, 9.17) is 14.2 Å². The van der Waals surface area contributed by atoms with Crippen molar-refractivity contribution in [3.8, 4) is 11.5 Å². The molecule has 0 amide bonds. The third-order valence-corrected chi connectivity index (χ3v) is 3.12. The van der Waals surface area contributed by atoms with Gasteiger partial charge in [-0.05, 0) is 23.6 Å². The van der Waals surface area contributed by atoms with E-state index in [1.807, 2.05) is 18.2 Å². The smallest absolute Gasteiger partial charge is 0.191 e. The third kappa shape index (κ3) is 7.23. The topological polar surface area (TPSA) is 64.1 Å². The van der Waals surface area contributed by atoms with Crippen LogP contribution in [0.2, 0.25) is 0 Å². The Morgan fingerprint density at radius 2 is 1.87 bits per heavy atom. The molecule has 1 aromatic rings. The van der Waals surface area contributed by atoms with Crippen LogP contribution < -0.4 is 20.1 Å². The van der Waals surface area contributed by atoms with Gasteiger partial charge in [-0.1, -0.05) is 19.9 Å². The molecule has 6 nitrogen and oxygen atoms in total. The monoisotopic (exact) mass is 323 g/mol. The number of ether oxygens (including phenoxy) is 3. The summed E-state index contributed by atoms with van der Waals surface area (Å²) in [6.45, 7) is 7.08. The fraction of sp³-hybridized carbons (Fsp3) is 0.588. The van der Waals surface area contributed by atoms with E-state index in [9.17, 15) is 0 Å². The molecule has 0 spiro atoms. The SMILES string of the molecule is CN=C(NCCOCC(C)C)NCc1ccc(OC)c(OC)c1. The van der Waals surface area contributed by atoms with E-state index in [2.05, 4.69) is 29.5 Å². The van der Waals surface area contributed by atoms with Crippen molar-refractivity contribution < 1.29 is 14.2 Å². The Bertz CT molecular complexity index is 490. The molecule has 0 aliphatic heterocycles. The zero-order chi connectivity index (χ0) is 17.1. The van der Waals surface area contributed by atoms with Gasteiger partial charge in [0.2, 0.25) is 0 Å². The zero-order valence-electron chi connectivity index (χ0n) is 14.8. The van der Waals surface area contributed by atoms with Crippen LogP contribution in [0.4, 0.5) is 0 Å². The summed E-state index contributed by atoms with van der Waals surface area (Å²) in [7, 11) is 5.01. The number of nitrogens with one attached hydrogen (secondary N) is 2. The van der Waals surface area contributed by atoms with Gasteiger partial charge in [-0.25, -0.2) is 0 Å². The lowest BCUT2D eigenvalue weighted by Gasteiger charge is -2.14. The number of hydrogen-bond donors (Lipinski definition) is 2. The molecule has 0 aliphatic rings. The maximum Gasteiger partial charge on any atom is 0.191 e. The molecule has 0 fully saturated rings. The predicted molar refractivity (Wildman–Crippen MR) is 93.4 cm³/mol. The lowest BCUT2D eigenvalue weighted by Crippen LogP contribution is -2.38. The molecule has 6 heteroatoms. The van der Waals surface area contributed by atoms with E-state index in [0.717, 1.165) is 36.2 Å². The van der Waals surface area contributed by atoms with Gasteiger partial charge in [0, 0.05) is 26.7 Å². The Kier molecular flexibility index (Phi) is 8.90. The summed E-state index contributed by atoms with van der Waals surface area (Å²) in [5.41, 5.74) is 1.08. The van der Waals surface area contributed by atoms with Crippen molar-refractivity contribution in [1.82, 2.24) is 10.6 Å². The molecule has 1 aromatic carbocycles. The summed E-state index contributed by atoms with van der Waals surface area (Å²) in [6, 6.07) is 5.84. The molecule has 130 valence electrons. The van der Waals surface area contributed by atoms with Crippen molar-refractivity contribution in [2.45, 2.75) is 20.4 Å². The summed E-state index contributed by atoms with van der Waals surface area (Å²) in [6.07, 6.45) is 0. The summed E-state index contributed by atoms with van der Waals surface area (Å²) >= 11 is 0. The first-order valence-electron chi connectivity index (χ1n) is 7.83. The minimum atomic E-state index is 0.553. The molecular formula is C17H29N3O3. The van der Waals surface area contributed by atoms with Crippen molar-refractivity contribution >= 4 is 5.96 Å². The molecule has 23 heavy (non-hydrogen) atoms. The number of methoxy groups -OCH3 is 2. The summed E-state index contributed by atoms with van der Waals surface area (Å²) in [5.74, 6) is 2.74. The van der Waals surface area contributed by atoms with E-state index >= 15 is 0 Å². The number of hydrogen-bond acceptors (Lipinski definition) is 4. The quantitative estimate of drug-likeness (QED) is 0.414. The highest BCUT2D eigenvalue weighted by Gasteiger charge is 2.05. The first-order chi connectivity index (χ1) is 11.1. The summed E-state index contributed by atoms with van der Waals surface area (Å²) in [5, 5.41) is 6.48. The highest BCUT2D eigenvalue weighted by molar-refractivity contribution is 5.79. The Labute approximate surface area is 139 Å². The van der Waals surface area contributed by atoms with Crippen molar-refractivity contribution in [3.63, 3.8) is 0 Å². The zero-order valence-corrected chi connectivity index (χ0v) is 14.8. The second-order valence-electron chi connectivity index (χ2n) is 5.51. The fourth-order valence-electron chi connectivity index (χ4n) is 1.96. The van der Waals surface area contributed by atoms with Crippen LogP contribution in [0.15, 0.2) is 23.2 Å². The molecule has 0 heterocycles. The second kappa shape index (κ2) is 10.7. The molecular weight excluding hydrogens is 294 g/mol. The van der Waals surface area contributed by atoms with Crippen LogP contribution in [0.25, 0.3) is 0 Å². The fourth-order valence-corrected chi connectivity index (χ4v) is 1.96. The number of guanidine groups is 1. The largest absolute Gasteiger partial charge is 0.493 e. The van der Waals surface area contributed by atoms with Crippen molar-refractivity contribution in [2.24, 2.45) is 10.9 Å². The predicted octanol–water partition coefficient (Wildman–Crippen LogP) is 2.04. The average Bonchev–Trinajstić information content (AvgIpc) is 2.56. The normalized spacial score (nSPS) is 11.5. The molecule has 1 rings (SSSR count). The minimum Gasteiger partial charge on any atom is -0.493 e. The first-order valence-corrected chi connectivity index (χ1v) is 7.83. The van der Waals surface area contributed by atoms with E-state index in [1.54, 1.807) is 21.3 Å². The van der Waals surface area contributed by atoms with Crippen LogP contribution in [0.5, 0.6) is 11.5 Å². The number of benzene rings is 1. The van der Waals surface area contributed by atoms with Gasteiger partial charge < -0.3 is 24.8 Å². The van der Waals surface area contributed by atoms with Crippen LogP contribution in [0.1, 0.15) is 19.4 Å².